The molecule has 0 radical (unpaired) electrons. The van der Waals surface area contributed by atoms with Gasteiger partial charge in [0.05, 0.1) is 0 Å². The predicted octanol–water partition coefficient (Wildman–Crippen LogP) is -3.04. The van der Waals surface area contributed by atoms with Crippen molar-refractivity contribution >= 4 is 6.08 Å². The predicted molar refractivity (Wildman–Crippen MR) is 25.4 cm³/mol. The summed E-state index contributed by atoms with van der Waals surface area (Å²) >= 11 is 0. The second-order valence-corrected chi connectivity index (χ2v) is 0.974. The van der Waals surface area contributed by atoms with Crippen molar-refractivity contribution in [1.29, 1.82) is 0 Å². The number of nitrogens with zero attached hydrogens (tertiary/aromatic N) is 3. The topological polar surface area (TPSA) is 54.5 Å². The number of tetrazole rings is 1. The van der Waals surface area contributed by atoms with Crippen molar-refractivity contribution in [3.8, 4) is 0 Å². The quantitative estimate of drug-likeness (QED) is 0.418. The van der Waals surface area contributed by atoms with Crippen molar-refractivity contribution in [2.45, 2.75) is 0 Å². The molecule has 0 spiro atoms. The van der Waals surface area contributed by atoms with E-state index in [4.69, 9.17) is 0 Å². The first kappa shape index (κ1) is 8.45. The van der Waals surface area contributed by atoms with Gasteiger partial charge in [0.1, 0.15) is 0 Å². The van der Waals surface area contributed by atoms with Gasteiger partial charge in [-0.2, -0.15) is 5.21 Å². The molecule has 0 amide bonds. The molecule has 0 saturated heterocycles. The van der Waals surface area contributed by atoms with Gasteiger partial charge in [0.15, 0.2) is 5.82 Å². The number of H-pyrrole nitrogens is 1. The van der Waals surface area contributed by atoms with E-state index in [0.29, 0.717) is 5.82 Å². The molecule has 4 nitrogen and oxygen atoms in total. The Balaban J connectivity index is 0. The van der Waals surface area contributed by atoms with Crippen LogP contribution in [0.15, 0.2) is 6.58 Å². The van der Waals surface area contributed by atoms with E-state index < -0.39 is 0 Å². The minimum Gasteiger partial charge on any atom is -1.00 e. The first-order chi connectivity index (χ1) is 3.43. The summed E-state index contributed by atoms with van der Waals surface area (Å²) in [5.74, 6) is 0.528. The van der Waals surface area contributed by atoms with Gasteiger partial charge in [-0.3, -0.25) is 0 Å². The zero-order chi connectivity index (χ0) is 5.11. The second kappa shape index (κ2) is 4.34. The molecule has 5 heteroatoms. The van der Waals surface area contributed by atoms with Gasteiger partial charge in [0.25, 0.3) is 0 Å². The summed E-state index contributed by atoms with van der Waals surface area (Å²) in [5.41, 5.74) is 0. The van der Waals surface area contributed by atoms with Gasteiger partial charge in [0, 0.05) is 0 Å². The van der Waals surface area contributed by atoms with Crippen LogP contribution in [0.5, 0.6) is 0 Å². The molecule has 0 fully saturated rings. The van der Waals surface area contributed by atoms with Crippen LogP contribution in [0.2, 0.25) is 0 Å². The van der Waals surface area contributed by atoms with E-state index in [2.05, 4.69) is 27.2 Å². The summed E-state index contributed by atoms with van der Waals surface area (Å²) < 4.78 is 0. The Hall–Kier alpha value is 0.446. The molecular weight excluding hydrogens is 131 g/mol. The van der Waals surface area contributed by atoms with Gasteiger partial charge in [-0.25, -0.2) is 0 Å². The first-order valence-corrected chi connectivity index (χ1v) is 1.79. The minimum atomic E-state index is 0. The Morgan fingerprint density at radius 2 is 2.50 bits per heavy atom. The van der Waals surface area contributed by atoms with Gasteiger partial charge in [0.2, 0.25) is 0 Å². The molecule has 0 aliphatic rings. The van der Waals surface area contributed by atoms with E-state index >= 15 is 0 Å². The van der Waals surface area contributed by atoms with Gasteiger partial charge in [-0.1, -0.05) is 6.58 Å². The van der Waals surface area contributed by atoms with E-state index in [0.717, 1.165) is 0 Å². The fourth-order valence-electron chi connectivity index (χ4n) is 0.256. The molecule has 0 saturated carbocycles. The van der Waals surface area contributed by atoms with Crippen LogP contribution < -0.4 is 51.4 Å². The Morgan fingerprint density at radius 1 is 1.75 bits per heavy atom. The molecule has 0 bridgehead atoms. The molecular formula is C3H5KN4. The maximum atomic E-state index is 3.57. The van der Waals surface area contributed by atoms with Gasteiger partial charge < -0.3 is 1.43 Å². The van der Waals surface area contributed by atoms with E-state index in [1.807, 2.05) is 0 Å². The van der Waals surface area contributed by atoms with Crippen molar-refractivity contribution in [2.24, 2.45) is 0 Å². The van der Waals surface area contributed by atoms with Crippen LogP contribution in [0, 0.1) is 0 Å². The molecule has 0 unspecified atom stereocenters. The van der Waals surface area contributed by atoms with Crippen molar-refractivity contribution in [2.75, 3.05) is 0 Å². The molecule has 0 aliphatic carbocycles. The third-order valence-corrected chi connectivity index (χ3v) is 0.544. The summed E-state index contributed by atoms with van der Waals surface area (Å²) in [6.07, 6.45) is 1.52. The second-order valence-electron chi connectivity index (χ2n) is 0.974. The van der Waals surface area contributed by atoms with Crippen molar-refractivity contribution in [3.63, 3.8) is 0 Å². The van der Waals surface area contributed by atoms with E-state index in [9.17, 15) is 0 Å². The standard InChI is InChI=1S/C3H4N4.K.H/c1-2-3-4-6-7-5-3;;/h2H,1H2,(H,4,5,6,7);;/q;+1;-1. The van der Waals surface area contributed by atoms with Crippen molar-refractivity contribution in [3.05, 3.63) is 12.4 Å². The summed E-state index contributed by atoms with van der Waals surface area (Å²) in [5, 5.41) is 12.7. The van der Waals surface area contributed by atoms with Crippen LogP contribution in [0.25, 0.3) is 6.08 Å². The van der Waals surface area contributed by atoms with Gasteiger partial charge >= 0.3 is 51.4 Å². The Kier molecular flexibility index (Phi) is 4.58. The van der Waals surface area contributed by atoms with Crippen LogP contribution in [-0.4, -0.2) is 20.6 Å². The number of hydrogen-bond acceptors (Lipinski definition) is 3. The SMILES string of the molecule is C=Cc1nn[nH]n1.[H-].[K+]. The number of nitrogens with one attached hydrogen (secondary N) is 1. The molecule has 8 heavy (non-hydrogen) atoms. The van der Waals surface area contributed by atoms with Crippen LogP contribution in [0.3, 0.4) is 0 Å². The molecule has 0 aromatic carbocycles. The van der Waals surface area contributed by atoms with Crippen LogP contribution in [-0.2, 0) is 0 Å². The molecule has 0 atom stereocenters. The molecule has 38 valence electrons. The zero-order valence-corrected chi connectivity index (χ0v) is 7.75. The smallest absolute Gasteiger partial charge is 1.00 e. The molecule has 1 heterocycles. The molecule has 1 aromatic heterocycles. The van der Waals surface area contributed by atoms with E-state index in [1.165, 1.54) is 6.08 Å². The molecule has 0 aliphatic heterocycles. The Bertz CT molecular complexity index is 151. The van der Waals surface area contributed by atoms with E-state index in [-0.39, 0.29) is 52.8 Å². The minimum absolute atomic E-state index is 0. The number of rotatable bonds is 1. The number of aromatic amines is 1. The summed E-state index contributed by atoms with van der Waals surface area (Å²) in [7, 11) is 0. The normalized spacial score (nSPS) is 7.50. The maximum Gasteiger partial charge on any atom is 1.00 e. The van der Waals surface area contributed by atoms with Crippen LogP contribution >= 0.6 is 0 Å². The average molecular weight is 136 g/mol. The first-order valence-electron chi connectivity index (χ1n) is 1.79. The fourth-order valence-corrected chi connectivity index (χ4v) is 0.256. The van der Waals surface area contributed by atoms with Crippen LogP contribution in [0.1, 0.15) is 7.25 Å². The Labute approximate surface area is 90.7 Å². The maximum absolute atomic E-state index is 3.57. The number of aromatic nitrogens is 4. The molecule has 1 N–H and O–H groups in total. The molecule has 1 aromatic rings. The van der Waals surface area contributed by atoms with Crippen LogP contribution in [0.4, 0.5) is 0 Å². The van der Waals surface area contributed by atoms with Crippen molar-refractivity contribution in [1.82, 2.24) is 20.6 Å². The third-order valence-electron chi connectivity index (χ3n) is 0.544. The summed E-state index contributed by atoms with van der Waals surface area (Å²) in [6.45, 7) is 3.42. The summed E-state index contributed by atoms with van der Waals surface area (Å²) in [6, 6.07) is 0. The number of hydrogen-bond donors (Lipinski definition) is 1. The molecule has 1 rings (SSSR count). The van der Waals surface area contributed by atoms with Crippen molar-refractivity contribution < 1.29 is 52.8 Å². The van der Waals surface area contributed by atoms with Gasteiger partial charge in [-0.05, 0) is 11.3 Å². The third kappa shape index (κ3) is 2.14. The Morgan fingerprint density at radius 3 is 2.75 bits per heavy atom. The average Bonchev–Trinajstić information content (AvgIpc) is 2.14. The largest absolute Gasteiger partial charge is 1.00 e. The monoisotopic (exact) mass is 136 g/mol. The van der Waals surface area contributed by atoms with Gasteiger partial charge in [-0.15, -0.1) is 10.2 Å². The zero-order valence-electron chi connectivity index (χ0n) is 5.63. The summed E-state index contributed by atoms with van der Waals surface area (Å²) in [4.78, 5) is 0. The fraction of sp³-hybridized carbons (Fsp3) is 0. The van der Waals surface area contributed by atoms with E-state index in [1.54, 1.807) is 0 Å².